The molecule has 0 bridgehead atoms. The van der Waals surface area contributed by atoms with Gasteiger partial charge in [-0.25, -0.2) is 13.8 Å². The summed E-state index contributed by atoms with van der Waals surface area (Å²) in [5.74, 6) is -2.21. The molecule has 5 rings (SSSR count). The molecule has 1 fully saturated rings. The monoisotopic (exact) mass is 382 g/mol. The van der Waals surface area contributed by atoms with Crippen molar-refractivity contribution in [2.24, 2.45) is 5.92 Å². The molecule has 8 heteroatoms. The first kappa shape index (κ1) is 16.9. The minimum Gasteiger partial charge on any atom is -0.337 e. The summed E-state index contributed by atoms with van der Waals surface area (Å²) in [6, 6.07) is 10.8. The van der Waals surface area contributed by atoms with Gasteiger partial charge >= 0.3 is 0 Å². The maximum absolute atomic E-state index is 13.3. The van der Waals surface area contributed by atoms with Crippen molar-refractivity contribution in [1.82, 2.24) is 14.5 Å². The summed E-state index contributed by atoms with van der Waals surface area (Å²) in [6.45, 7) is 1.76. The number of anilines is 1. The molecule has 6 nitrogen and oxygen atoms in total. The lowest BCUT2D eigenvalue weighted by atomic mass is 9.97. The van der Waals surface area contributed by atoms with Gasteiger partial charge in [-0.2, -0.15) is 0 Å². The van der Waals surface area contributed by atoms with E-state index in [1.165, 1.54) is 11.0 Å². The second kappa shape index (κ2) is 6.12. The Kier molecular flexibility index (Phi) is 3.68. The highest BCUT2D eigenvalue weighted by Gasteiger charge is 2.41. The van der Waals surface area contributed by atoms with Crippen molar-refractivity contribution < 1.29 is 18.4 Å². The molecule has 1 saturated heterocycles. The second-order valence-corrected chi connectivity index (χ2v) is 7.08. The van der Waals surface area contributed by atoms with Crippen LogP contribution in [-0.4, -0.2) is 45.9 Å². The first-order valence-electron chi connectivity index (χ1n) is 9.04. The van der Waals surface area contributed by atoms with Crippen LogP contribution in [-0.2, 0) is 11.3 Å². The van der Waals surface area contributed by atoms with Crippen molar-refractivity contribution in [1.29, 1.82) is 0 Å². The van der Waals surface area contributed by atoms with Gasteiger partial charge < -0.3 is 9.47 Å². The van der Waals surface area contributed by atoms with Gasteiger partial charge in [0, 0.05) is 31.7 Å². The maximum Gasteiger partial charge on any atom is 0.254 e. The van der Waals surface area contributed by atoms with Crippen LogP contribution >= 0.6 is 0 Å². The van der Waals surface area contributed by atoms with Gasteiger partial charge in [0.2, 0.25) is 11.9 Å². The van der Waals surface area contributed by atoms with E-state index in [0.717, 1.165) is 23.2 Å². The molecule has 1 aromatic heterocycles. The quantitative estimate of drug-likeness (QED) is 0.684. The Morgan fingerprint density at radius 3 is 2.57 bits per heavy atom. The van der Waals surface area contributed by atoms with Gasteiger partial charge in [0.1, 0.15) is 0 Å². The zero-order valence-corrected chi connectivity index (χ0v) is 14.8. The molecule has 0 spiro atoms. The highest BCUT2D eigenvalue weighted by molar-refractivity contribution is 6.00. The Bertz CT molecular complexity index is 1120. The fourth-order valence-electron chi connectivity index (χ4n) is 3.83. The smallest absolute Gasteiger partial charge is 0.254 e. The molecule has 0 N–H and O–H groups in total. The van der Waals surface area contributed by atoms with E-state index in [1.807, 2.05) is 28.8 Å². The van der Waals surface area contributed by atoms with Crippen LogP contribution in [0, 0.1) is 17.6 Å². The molecule has 2 aliphatic heterocycles. The Labute approximate surface area is 159 Å². The highest BCUT2D eigenvalue weighted by Crippen LogP contribution is 2.30. The predicted octanol–water partition coefficient (Wildman–Crippen LogP) is 2.43. The maximum atomic E-state index is 13.3. The normalized spacial score (nSPS) is 16.4. The number of halogens is 2. The van der Waals surface area contributed by atoms with Gasteiger partial charge in [-0.3, -0.25) is 14.5 Å². The Morgan fingerprint density at radius 2 is 1.79 bits per heavy atom. The number of fused-ring (bicyclic) bond motifs is 3. The standard InChI is InChI=1S/C20H16F2N4O2/c21-14-6-5-12(9-15(14)22)18(27)24-10-13(11-24)19(28)26-8-7-25-17-4-2-1-3-16(17)23-20(25)26/h1-6,9,13H,7-8,10-11H2. The van der Waals surface area contributed by atoms with Crippen LogP contribution < -0.4 is 4.90 Å². The first-order chi connectivity index (χ1) is 13.5. The topological polar surface area (TPSA) is 58.4 Å². The lowest BCUT2D eigenvalue weighted by Gasteiger charge is -2.39. The van der Waals surface area contributed by atoms with E-state index in [2.05, 4.69) is 4.98 Å². The fraction of sp³-hybridized carbons (Fsp3) is 0.250. The number of aromatic nitrogens is 2. The van der Waals surface area contributed by atoms with E-state index in [-0.39, 0.29) is 30.5 Å². The van der Waals surface area contributed by atoms with Crippen LogP contribution in [0.5, 0.6) is 0 Å². The van der Waals surface area contributed by atoms with Gasteiger partial charge in [0.15, 0.2) is 11.6 Å². The first-order valence-corrected chi connectivity index (χ1v) is 9.04. The molecule has 2 aliphatic rings. The number of hydrogen-bond donors (Lipinski definition) is 0. The number of amides is 2. The van der Waals surface area contributed by atoms with Crippen molar-refractivity contribution in [3.63, 3.8) is 0 Å². The van der Waals surface area contributed by atoms with Crippen molar-refractivity contribution in [3.8, 4) is 0 Å². The van der Waals surface area contributed by atoms with Crippen molar-refractivity contribution >= 4 is 28.8 Å². The van der Waals surface area contributed by atoms with Crippen LogP contribution in [0.4, 0.5) is 14.7 Å². The van der Waals surface area contributed by atoms with Crippen LogP contribution in [0.2, 0.25) is 0 Å². The van der Waals surface area contributed by atoms with E-state index in [1.54, 1.807) is 4.90 Å². The molecule has 2 aromatic carbocycles. The minimum atomic E-state index is -1.06. The zero-order chi connectivity index (χ0) is 19.4. The molecular weight excluding hydrogens is 366 g/mol. The predicted molar refractivity (Wildman–Crippen MR) is 97.8 cm³/mol. The average Bonchev–Trinajstić information content (AvgIpc) is 3.21. The molecule has 0 saturated carbocycles. The number of likely N-dealkylation sites (tertiary alicyclic amines) is 1. The largest absolute Gasteiger partial charge is 0.337 e. The SMILES string of the molecule is O=C(c1ccc(F)c(F)c1)N1CC(C(=O)N2CCn3c2nc2ccccc23)C1. The summed E-state index contributed by atoms with van der Waals surface area (Å²) in [5, 5.41) is 0. The van der Waals surface area contributed by atoms with E-state index in [0.29, 0.717) is 19.0 Å². The molecule has 28 heavy (non-hydrogen) atoms. The summed E-state index contributed by atoms with van der Waals surface area (Å²) in [7, 11) is 0. The van der Waals surface area contributed by atoms with E-state index < -0.39 is 17.5 Å². The van der Waals surface area contributed by atoms with Crippen LogP contribution in [0.15, 0.2) is 42.5 Å². The highest BCUT2D eigenvalue weighted by atomic mass is 19.2. The van der Waals surface area contributed by atoms with Crippen LogP contribution in [0.1, 0.15) is 10.4 Å². The lowest BCUT2D eigenvalue weighted by Crippen LogP contribution is -2.56. The molecular formula is C20H16F2N4O2. The molecule has 0 aliphatic carbocycles. The molecule has 0 unspecified atom stereocenters. The average molecular weight is 382 g/mol. The Hall–Kier alpha value is -3.29. The van der Waals surface area contributed by atoms with Crippen molar-refractivity contribution in [2.75, 3.05) is 24.5 Å². The lowest BCUT2D eigenvalue weighted by molar-refractivity contribution is -0.126. The number of imidazole rings is 1. The van der Waals surface area contributed by atoms with E-state index >= 15 is 0 Å². The number of hydrogen-bond acceptors (Lipinski definition) is 3. The van der Waals surface area contributed by atoms with Gasteiger partial charge in [0.05, 0.1) is 17.0 Å². The van der Waals surface area contributed by atoms with E-state index in [4.69, 9.17) is 0 Å². The second-order valence-electron chi connectivity index (χ2n) is 7.08. The molecule has 0 radical (unpaired) electrons. The summed E-state index contributed by atoms with van der Waals surface area (Å²) in [6.07, 6.45) is 0. The van der Waals surface area contributed by atoms with Gasteiger partial charge in [-0.1, -0.05) is 12.1 Å². The molecule has 142 valence electrons. The van der Waals surface area contributed by atoms with Crippen LogP contribution in [0.3, 0.4) is 0 Å². The van der Waals surface area contributed by atoms with Crippen molar-refractivity contribution in [2.45, 2.75) is 6.54 Å². The molecule has 0 atom stereocenters. The third kappa shape index (κ3) is 2.48. The number of nitrogens with zero attached hydrogens (tertiary/aromatic N) is 4. The molecule has 3 heterocycles. The number of para-hydroxylation sites is 2. The summed E-state index contributed by atoms with van der Waals surface area (Å²) < 4.78 is 28.4. The Morgan fingerprint density at radius 1 is 1.00 bits per heavy atom. The van der Waals surface area contributed by atoms with Crippen molar-refractivity contribution in [3.05, 3.63) is 59.7 Å². The van der Waals surface area contributed by atoms with Crippen LogP contribution in [0.25, 0.3) is 11.0 Å². The zero-order valence-electron chi connectivity index (χ0n) is 14.8. The molecule has 3 aromatic rings. The summed E-state index contributed by atoms with van der Waals surface area (Å²) in [5.41, 5.74) is 1.92. The number of carbonyl (C=O) groups excluding carboxylic acids is 2. The third-order valence-corrected chi connectivity index (χ3v) is 5.37. The number of carbonyl (C=O) groups is 2. The number of rotatable bonds is 2. The number of benzene rings is 2. The van der Waals surface area contributed by atoms with Gasteiger partial charge in [-0.15, -0.1) is 0 Å². The van der Waals surface area contributed by atoms with E-state index in [9.17, 15) is 18.4 Å². The summed E-state index contributed by atoms with van der Waals surface area (Å²) in [4.78, 5) is 33.0. The summed E-state index contributed by atoms with van der Waals surface area (Å²) >= 11 is 0. The Balaban J connectivity index is 1.29. The minimum absolute atomic E-state index is 0.0663. The molecule has 2 amide bonds. The van der Waals surface area contributed by atoms with Gasteiger partial charge in [0.25, 0.3) is 5.91 Å². The fourth-order valence-corrected chi connectivity index (χ4v) is 3.83. The third-order valence-electron chi connectivity index (χ3n) is 5.37. The van der Waals surface area contributed by atoms with Gasteiger partial charge in [-0.05, 0) is 30.3 Å².